The third-order valence-corrected chi connectivity index (χ3v) is 5.44. The minimum absolute atomic E-state index is 0.417. The summed E-state index contributed by atoms with van der Waals surface area (Å²) in [6.07, 6.45) is 2.35. The molecule has 0 radical (unpaired) electrons. The summed E-state index contributed by atoms with van der Waals surface area (Å²) < 4.78 is 0. The van der Waals surface area contributed by atoms with Gasteiger partial charge in [-0.25, -0.2) is 0 Å². The van der Waals surface area contributed by atoms with Gasteiger partial charge < -0.3 is 5.32 Å². The highest BCUT2D eigenvalue weighted by Crippen LogP contribution is 2.39. The van der Waals surface area contributed by atoms with Gasteiger partial charge in [-0.2, -0.15) is 0 Å². The zero-order valence-electron chi connectivity index (χ0n) is 14.5. The van der Waals surface area contributed by atoms with Gasteiger partial charge in [0.1, 0.15) is 0 Å². The number of benzene rings is 3. The third kappa shape index (κ3) is 3.83. The van der Waals surface area contributed by atoms with Crippen molar-refractivity contribution in [1.82, 2.24) is 5.32 Å². The molecule has 0 spiro atoms. The third-order valence-electron chi connectivity index (χ3n) is 5.44. The van der Waals surface area contributed by atoms with Crippen molar-refractivity contribution in [3.05, 3.63) is 108 Å². The van der Waals surface area contributed by atoms with Crippen LogP contribution >= 0.6 is 0 Å². The molecule has 1 aliphatic heterocycles. The van der Waals surface area contributed by atoms with E-state index in [0.29, 0.717) is 17.9 Å². The molecule has 126 valence electrons. The van der Waals surface area contributed by atoms with Crippen LogP contribution in [-0.4, -0.2) is 6.54 Å². The average Bonchev–Trinajstić information content (AvgIpc) is 2.93. The first-order chi connectivity index (χ1) is 12.4. The predicted octanol–water partition coefficient (Wildman–Crippen LogP) is 5.68. The molecule has 1 heterocycles. The van der Waals surface area contributed by atoms with Crippen LogP contribution < -0.4 is 5.32 Å². The lowest BCUT2D eigenvalue weighted by atomic mass is 9.83. The molecular weight excluding hydrogens is 302 g/mol. The highest BCUT2D eigenvalue weighted by molar-refractivity contribution is 5.27. The quantitative estimate of drug-likeness (QED) is 0.652. The van der Waals surface area contributed by atoms with Gasteiger partial charge in [-0.15, -0.1) is 0 Å². The van der Waals surface area contributed by atoms with E-state index in [2.05, 4.69) is 96.3 Å². The molecule has 0 unspecified atom stereocenters. The van der Waals surface area contributed by atoms with Crippen LogP contribution in [0.5, 0.6) is 0 Å². The highest BCUT2D eigenvalue weighted by atomic mass is 14.9. The van der Waals surface area contributed by atoms with E-state index in [9.17, 15) is 0 Å². The summed E-state index contributed by atoms with van der Waals surface area (Å²) in [4.78, 5) is 0. The Kier molecular flexibility index (Phi) is 4.94. The Morgan fingerprint density at radius 2 is 1.00 bits per heavy atom. The van der Waals surface area contributed by atoms with Crippen LogP contribution in [0.3, 0.4) is 0 Å². The molecule has 4 rings (SSSR count). The normalized spacial score (nSPS) is 23.8. The smallest absolute Gasteiger partial charge is 0.0326 e. The first-order valence-electron chi connectivity index (χ1n) is 9.28. The van der Waals surface area contributed by atoms with E-state index in [1.807, 2.05) is 0 Å². The molecule has 1 saturated heterocycles. The van der Waals surface area contributed by atoms with Gasteiger partial charge >= 0.3 is 0 Å². The molecular formula is C24H25N. The second-order valence-corrected chi connectivity index (χ2v) is 7.06. The summed E-state index contributed by atoms with van der Waals surface area (Å²) in [5, 5.41) is 3.85. The van der Waals surface area contributed by atoms with Gasteiger partial charge in [0, 0.05) is 12.6 Å². The average molecular weight is 327 g/mol. The fourth-order valence-corrected chi connectivity index (χ4v) is 4.09. The molecule has 0 aliphatic carbocycles. The lowest BCUT2D eigenvalue weighted by Crippen LogP contribution is -2.23. The molecule has 1 aliphatic rings. The second-order valence-electron chi connectivity index (χ2n) is 7.06. The minimum atomic E-state index is 0.417. The van der Waals surface area contributed by atoms with Crippen LogP contribution in [0.1, 0.15) is 47.4 Å². The number of hydrogen-bond donors (Lipinski definition) is 1. The molecule has 3 atom stereocenters. The largest absolute Gasteiger partial charge is 0.309 e. The Balaban J connectivity index is 1.65. The summed E-state index contributed by atoms with van der Waals surface area (Å²) in [7, 11) is 0. The van der Waals surface area contributed by atoms with Crippen LogP contribution in [-0.2, 0) is 0 Å². The molecule has 25 heavy (non-hydrogen) atoms. The lowest BCUT2D eigenvalue weighted by Gasteiger charge is -2.22. The van der Waals surface area contributed by atoms with Crippen LogP contribution in [0.15, 0.2) is 91.0 Å². The molecule has 0 aromatic heterocycles. The molecule has 3 aromatic rings. The van der Waals surface area contributed by atoms with Gasteiger partial charge in [-0.3, -0.25) is 0 Å². The molecule has 0 amide bonds. The second kappa shape index (κ2) is 7.67. The van der Waals surface area contributed by atoms with E-state index in [4.69, 9.17) is 0 Å². The lowest BCUT2D eigenvalue weighted by molar-refractivity contribution is 0.502. The summed E-state index contributed by atoms with van der Waals surface area (Å²) >= 11 is 0. The summed E-state index contributed by atoms with van der Waals surface area (Å²) in [5.74, 6) is 1.13. The van der Waals surface area contributed by atoms with Crippen molar-refractivity contribution in [3.63, 3.8) is 0 Å². The first kappa shape index (κ1) is 16.1. The van der Waals surface area contributed by atoms with Gasteiger partial charge in [-0.05, 0) is 41.4 Å². The van der Waals surface area contributed by atoms with E-state index < -0.39 is 0 Å². The maximum absolute atomic E-state index is 3.85. The van der Waals surface area contributed by atoms with Crippen LogP contribution in [0.25, 0.3) is 0 Å². The summed E-state index contributed by atoms with van der Waals surface area (Å²) in [6.45, 7) is 1.03. The SMILES string of the molecule is c1ccc([C@H]2CN[C@@H](c3ccccc3)C[C@@H](c3ccccc3)C2)cc1. The number of rotatable bonds is 3. The van der Waals surface area contributed by atoms with E-state index in [-0.39, 0.29) is 0 Å². The topological polar surface area (TPSA) is 12.0 Å². The van der Waals surface area contributed by atoms with E-state index >= 15 is 0 Å². The number of nitrogens with one attached hydrogen (secondary N) is 1. The van der Waals surface area contributed by atoms with Crippen molar-refractivity contribution in [2.24, 2.45) is 0 Å². The van der Waals surface area contributed by atoms with Crippen LogP contribution in [0.2, 0.25) is 0 Å². The van der Waals surface area contributed by atoms with E-state index in [0.717, 1.165) is 13.0 Å². The van der Waals surface area contributed by atoms with Gasteiger partial charge in [0.05, 0.1) is 0 Å². The fraction of sp³-hybridized carbons (Fsp3) is 0.250. The molecule has 3 aromatic carbocycles. The van der Waals surface area contributed by atoms with Crippen LogP contribution in [0.4, 0.5) is 0 Å². The molecule has 1 N–H and O–H groups in total. The van der Waals surface area contributed by atoms with Gasteiger partial charge in [0.15, 0.2) is 0 Å². The van der Waals surface area contributed by atoms with Crippen molar-refractivity contribution >= 4 is 0 Å². The van der Waals surface area contributed by atoms with E-state index in [1.165, 1.54) is 23.1 Å². The van der Waals surface area contributed by atoms with Crippen molar-refractivity contribution in [3.8, 4) is 0 Å². The molecule has 1 heteroatoms. The Morgan fingerprint density at radius 1 is 0.520 bits per heavy atom. The Hall–Kier alpha value is -2.38. The van der Waals surface area contributed by atoms with Gasteiger partial charge in [0.25, 0.3) is 0 Å². The Bertz CT molecular complexity index is 717. The van der Waals surface area contributed by atoms with E-state index in [1.54, 1.807) is 0 Å². The van der Waals surface area contributed by atoms with Crippen molar-refractivity contribution < 1.29 is 0 Å². The maximum Gasteiger partial charge on any atom is 0.0326 e. The molecule has 1 fully saturated rings. The predicted molar refractivity (Wildman–Crippen MR) is 105 cm³/mol. The molecule has 0 bridgehead atoms. The standard InChI is InChI=1S/C24H25N/c1-4-10-19(11-5-1)22-16-23(20-12-6-2-7-13-20)18-25-24(17-22)21-14-8-3-9-15-21/h1-15,22-25H,16-18H2/t22-,23+,24+/m0/s1. The molecule has 1 nitrogen and oxygen atoms in total. The maximum atomic E-state index is 3.85. The van der Waals surface area contributed by atoms with Crippen molar-refractivity contribution in [2.75, 3.05) is 6.54 Å². The summed E-state index contributed by atoms with van der Waals surface area (Å²) in [6, 6.07) is 33.3. The van der Waals surface area contributed by atoms with Gasteiger partial charge in [-0.1, -0.05) is 91.0 Å². The van der Waals surface area contributed by atoms with Gasteiger partial charge in [0.2, 0.25) is 0 Å². The van der Waals surface area contributed by atoms with Crippen molar-refractivity contribution in [1.29, 1.82) is 0 Å². The number of hydrogen-bond acceptors (Lipinski definition) is 1. The van der Waals surface area contributed by atoms with Crippen molar-refractivity contribution in [2.45, 2.75) is 30.7 Å². The zero-order chi connectivity index (χ0) is 16.9. The first-order valence-corrected chi connectivity index (χ1v) is 9.28. The fourth-order valence-electron chi connectivity index (χ4n) is 4.09. The highest BCUT2D eigenvalue weighted by Gasteiger charge is 2.27. The Morgan fingerprint density at radius 3 is 1.56 bits per heavy atom. The monoisotopic (exact) mass is 327 g/mol. The summed E-state index contributed by atoms with van der Waals surface area (Å²) in [5.41, 5.74) is 4.31. The van der Waals surface area contributed by atoms with Crippen LogP contribution in [0, 0.1) is 0 Å². The Labute approximate surface area is 150 Å². The minimum Gasteiger partial charge on any atom is -0.309 e. The zero-order valence-corrected chi connectivity index (χ0v) is 14.5. The molecule has 0 saturated carbocycles.